The van der Waals surface area contributed by atoms with Crippen molar-refractivity contribution in [2.24, 2.45) is 0 Å². The average molecular weight is 453 g/mol. The summed E-state index contributed by atoms with van der Waals surface area (Å²) >= 11 is 0. The number of aryl methyl sites for hydroxylation is 1. The highest BCUT2D eigenvalue weighted by molar-refractivity contribution is 7.92. The second-order valence-electron chi connectivity index (χ2n) is 7.99. The number of aromatic nitrogens is 2. The first kappa shape index (κ1) is 22.1. The van der Waals surface area contributed by atoms with Gasteiger partial charge in [0.25, 0.3) is 10.0 Å². The molecule has 32 heavy (non-hydrogen) atoms. The molecule has 0 radical (unpaired) electrons. The van der Waals surface area contributed by atoms with Crippen LogP contribution in [0, 0.1) is 6.92 Å². The number of ether oxygens (including phenoxy) is 1. The summed E-state index contributed by atoms with van der Waals surface area (Å²) in [5.41, 5.74) is 2.87. The summed E-state index contributed by atoms with van der Waals surface area (Å²) in [4.78, 5) is 2.48. The maximum atomic E-state index is 12.7. The zero-order valence-corrected chi connectivity index (χ0v) is 19.2. The summed E-state index contributed by atoms with van der Waals surface area (Å²) in [7, 11) is -2.14. The molecule has 4 rings (SSSR count). The van der Waals surface area contributed by atoms with E-state index in [1.54, 1.807) is 31.4 Å². The van der Waals surface area contributed by atoms with E-state index >= 15 is 0 Å². The van der Waals surface area contributed by atoms with Crippen molar-refractivity contribution in [3.63, 3.8) is 0 Å². The highest BCUT2D eigenvalue weighted by Crippen LogP contribution is 2.25. The van der Waals surface area contributed by atoms with E-state index in [1.807, 2.05) is 31.2 Å². The maximum Gasteiger partial charge on any atom is 0.261 e. The van der Waals surface area contributed by atoms with Crippen molar-refractivity contribution in [2.75, 3.05) is 29.8 Å². The van der Waals surface area contributed by atoms with E-state index in [1.165, 1.54) is 31.7 Å². The lowest BCUT2D eigenvalue weighted by atomic mass is 10.1. The Morgan fingerprint density at radius 3 is 2.22 bits per heavy atom. The average Bonchev–Trinajstić information content (AvgIpc) is 3.09. The molecule has 0 atom stereocenters. The van der Waals surface area contributed by atoms with Crippen LogP contribution in [0.1, 0.15) is 31.2 Å². The van der Waals surface area contributed by atoms with Gasteiger partial charge in [-0.25, -0.2) is 8.42 Å². The molecule has 168 valence electrons. The van der Waals surface area contributed by atoms with Gasteiger partial charge in [-0.2, -0.15) is 0 Å². The van der Waals surface area contributed by atoms with Crippen molar-refractivity contribution >= 4 is 21.5 Å². The number of anilines is 2. The van der Waals surface area contributed by atoms with Gasteiger partial charge in [0, 0.05) is 24.3 Å². The topological polar surface area (TPSA) is 84.4 Å². The van der Waals surface area contributed by atoms with Crippen LogP contribution in [0.5, 0.6) is 5.75 Å². The Morgan fingerprint density at radius 1 is 0.906 bits per heavy atom. The molecule has 1 N–H and O–H groups in total. The molecule has 1 aliphatic heterocycles. The fourth-order valence-electron chi connectivity index (χ4n) is 3.89. The number of benzene rings is 2. The van der Waals surface area contributed by atoms with E-state index in [2.05, 4.69) is 19.8 Å². The van der Waals surface area contributed by atoms with E-state index in [0.29, 0.717) is 11.4 Å². The Kier molecular flexibility index (Phi) is 6.60. The standard InChI is InChI=1S/C24H28N4O3S/c1-18-17-21(11-13-23(18)31-2)32(29,30)27-20-9-7-19(8-10-20)22-12-14-24(26-25-22)28-15-5-3-4-6-16-28/h7-14,17,27H,3-6,15-16H2,1-2H3. The van der Waals surface area contributed by atoms with Crippen molar-refractivity contribution in [1.82, 2.24) is 10.2 Å². The van der Waals surface area contributed by atoms with Gasteiger partial charge in [0.15, 0.2) is 5.82 Å². The molecule has 1 aromatic heterocycles. The lowest BCUT2D eigenvalue weighted by Crippen LogP contribution is -2.25. The van der Waals surface area contributed by atoms with Crippen molar-refractivity contribution in [1.29, 1.82) is 0 Å². The third-order valence-electron chi connectivity index (χ3n) is 5.69. The predicted molar refractivity (Wildman–Crippen MR) is 127 cm³/mol. The van der Waals surface area contributed by atoms with Crippen LogP contribution in [0.2, 0.25) is 0 Å². The van der Waals surface area contributed by atoms with Gasteiger partial charge in [-0.15, -0.1) is 10.2 Å². The third kappa shape index (κ3) is 5.02. The molecule has 0 bridgehead atoms. The maximum absolute atomic E-state index is 12.7. The van der Waals surface area contributed by atoms with Crippen molar-refractivity contribution in [3.05, 3.63) is 60.2 Å². The van der Waals surface area contributed by atoms with Gasteiger partial charge in [0.2, 0.25) is 0 Å². The summed E-state index contributed by atoms with van der Waals surface area (Å²) in [6.45, 7) is 3.86. The van der Waals surface area contributed by atoms with Crippen molar-refractivity contribution in [2.45, 2.75) is 37.5 Å². The summed E-state index contributed by atoms with van der Waals surface area (Å²) in [5.74, 6) is 1.56. The van der Waals surface area contributed by atoms with Crippen LogP contribution in [0.3, 0.4) is 0 Å². The monoisotopic (exact) mass is 452 g/mol. The molecule has 7 nitrogen and oxygen atoms in total. The first-order valence-corrected chi connectivity index (χ1v) is 12.3. The molecule has 8 heteroatoms. The fourth-order valence-corrected chi connectivity index (χ4v) is 5.03. The molecular weight excluding hydrogens is 424 g/mol. The molecule has 2 heterocycles. The van der Waals surface area contributed by atoms with Gasteiger partial charge >= 0.3 is 0 Å². The van der Waals surface area contributed by atoms with Crippen LogP contribution >= 0.6 is 0 Å². The molecular formula is C24H28N4O3S. The van der Waals surface area contributed by atoms with E-state index in [0.717, 1.165) is 35.7 Å². The summed E-state index contributed by atoms with van der Waals surface area (Å²) in [5, 5.41) is 8.81. The molecule has 0 unspecified atom stereocenters. The first-order valence-electron chi connectivity index (χ1n) is 10.8. The first-order chi connectivity index (χ1) is 15.5. The van der Waals surface area contributed by atoms with Gasteiger partial charge in [-0.3, -0.25) is 4.72 Å². The van der Waals surface area contributed by atoms with E-state index in [9.17, 15) is 8.42 Å². The van der Waals surface area contributed by atoms with E-state index < -0.39 is 10.0 Å². The van der Waals surface area contributed by atoms with Gasteiger partial charge in [-0.05, 0) is 67.8 Å². The van der Waals surface area contributed by atoms with Crippen LogP contribution in [0.25, 0.3) is 11.3 Å². The molecule has 3 aromatic rings. The number of nitrogens with zero attached hydrogens (tertiary/aromatic N) is 3. The Bertz CT molecular complexity index is 1150. The Labute approximate surface area is 189 Å². The Morgan fingerprint density at radius 2 is 1.62 bits per heavy atom. The van der Waals surface area contributed by atoms with E-state index in [-0.39, 0.29) is 4.90 Å². The second kappa shape index (κ2) is 9.56. The second-order valence-corrected chi connectivity index (χ2v) is 9.67. The molecule has 0 amide bonds. The molecule has 0 saturated carbocycles. The Balaban J connectivity index is 1.46. The van der Waals surface area contributed by atoms with Crippen molar-refractivity contribution < 1.29 is 13.2 Å². The Hall–Kier alpha value is -3.13. The largest absolute Gasteiger partial charge is 0.496 e. The zero-order chi connectivity index (χ0) is 22.6. The molecule has 1 fully saturated rings. The molecule has 2 aromatic carbocycles. The number of rotatable bonds is 6. The predicted octanol–water partition coefficient (Wildman–Crippen LogP) is 4.64. The van der Waals surface area contributed by atoms with Crippen molar-refractivity contribution in [3.8, 4) is 17.0 Å². The molecule has 1 saturated heterocycles. The lowest BCUT2D eigenvalue weighted by Gasteiger charge is -2.20. The van der Waals surface area contributed by atoms with Crippen LogP contribution in [-0.4, -0.2) is 38.8 Å². The lowest BCUT2D eigenvalue weighted by molar-refractivity contribution is 0.411. The number of hydrogen-bond donors (Lipinski definition) is 1. The molecule has 1 aliphatic rings. The minimum absolute atomic E-state index is 0.190. The summed E-state index contributed by atoms with van der Waals surface area (Å²) in [6, 6.07) is 15.9. The van der Waals surface area contributed by atoms with Gasteiger partial charge in [0.05, 0.1) is 17.7 Å². The van der Waals surface area contributed by atoms with Crippen LogP contribution in [-0.2, 0) is 10.0 Å². The summed E-state index contributed by atoms with van der Waals surface area (Å²) in [6.07, 6.45) is 4.93. The smallest absolute Gasteiger partial charge is 0.261 e. The normalized spacial score (nSPS) is 14.6. The number of methoxy groups -OCH3 is 1. The highest BCUT2D eigenvalue weighted by atomic mass is 32.2. The highest BCUT2D eigenvalue weighted by Gasteiger charge is 2.16. The van der Waals surface area contributed by atoms with Gasteiger partial charge in [-0.1, -0.05) is 25.0 Å². The third-order valence-corrected chi connectivity index (χ3v) is 7.07. The van der Waals surface area contributed by atoms with Crippen LogP contribution in [0.4, 0.5) is 11.5 Å². The molecule has 0 spiro atoms. The van der Waals surface area contributed by atoms with Gasteiger partial charge < -0.3 is 9.64 Å². The molecule has 0 aliphatic carbocycles. The number of nitrogens with one attached hydrogen (secondary N) is 1. The number of hydrogen-bond acceptors (Lipinski definition) is 6. The zero-order valence-electron chi connectivity index (χ0n) is 18.4. The minimum atomic E-state index is -3.70. The SMILES string of the molecule is COc1ccc(S(=O)(=O)Nc2ccc(-c3ccc(N4CCCCCC4)nn3)cc2)cc1C. The van der Waals surface area contributed by atoms with Crippen LogP contribution < -0.4 is 14.4 Å². The summed E-state index contributed by atoms with van der Waals surface area (Å²) < 4.78 is 33.3. The van der Waals surface area contributed by atoms with E-state index in [4.69, 9.17) is 4.74 Å². The number of sulfonamides is 1. The fraction of sp³-hybridized carbons (Fsp3) is 0.333. The van der Waals surface area contributed by atoms with Crippen LogP contribution in [0.15, 0.2) is 59.5 Å². The quantitative estimate of drug-likeness (QED) is 0.586. The van der Waals surface area contributed by atoms with Gasteiger partial charge in [0.1, 0.15) is 5.75 Å². The minimum Gasteiger partial charge on any atom is -0.496 e.